The smallest absolute Gasteiger partial charge is 0.134 e. The molecule has 0 fully saturated rings. The molecule has 0 aliphatic carbocycles. The fraction of sp³-hybridized carbons (Fsp3) is 0.600. The van der Waals surface area contributed by atoms with Crippen LogP contribution in [0.4, 0.5) is 0 Å². The number of rotatable bonds is 9. The lowest BCUT2D eigenvalue weighted by molar-refractivity contribution is 0.233. The Morgan fingerprint density at radius 2 is 2.00 bits per heavy atom. The molecule has 0 spiro atoms. The summed E-state index contributed by atoms with van der Waals surface area (Å²) in [5.41, 5.74) is 0.996. The first-order chi connectivity index (χ1) is 10.9. The average molecular weight is 316 g/mol. The van der Waals surface area contributed by atoms with E-state index in [1.54, 1.807) is 0 Å². The minimum atomic E-state index is 0.0126. The van der Waals surface area contributed by atoms with Crippen LogP contribution >= 0.6 is 0 Å². The van der Waals surface area contributed by atoms with Gasteiger partial charge in [0.15, 0.2) is 0 Å². The summed E-state index contributed by atoms with van der Waals surface area (Å²) < 4.78 is 6.08. The molecule has 0 saturated heterocycles. The van der Waals surface area contributed by atoms with Gasteiger partial charge >= 0.3 is 0 Å². The van der Waals surface area contributed by atoms with Crippen LogP contribution in [0.3, 0.4) is 0 Å². The highest BCUT2D eigenvalue weighted by molar-refractivity contribution is 5.77. The Kier molecular flexibility index (Phi) is 6.25. The summed E-state index contributed by atoms with van der Waals surface area (Å²) in [6.07, 6.45) is 1.22. The molecule has 1 unspecified atom stereocenters. The van der Waals surface area contributed by atoms with Crippen LogP contribution in [-0.4, -0.2) is 38.1 Å². The van der Waals surface area contributed by atoms with Crippen molar-refractivity contribution in [3.8, 4) is 0 Å². The number of furan rings is 1. The second kappa shape index (κ2) is 7.98. The predicted molar refractivity (Wildman–Crippen MR) is 99.1 cm³/mol. The third-order valence-corrected chi connectivity index (χ3v) is 4.50. The van der Waals surface area contributed by atoms with E-state index in [4.69, 9.17) is 4.42 Å². The van der Waals surface area contributed by atoms with Crippen molar-refractivity contribution < 1.29 is 4.42 Å². The van der Waals surface area contributed by atoms with Gasteiger partial charge in [-0.05, 0) is 51.2 Å². The van der Waals surface area contributed by atoms with Crippen molar-refractivity contribution >= 4 is 11.0 Å². The summed E-state index contributed by atoms with van der Waals surface area (Å²) in [5.74, 6) is 1.79. The van der Waals surface area contributed by atoms with Crippen molar-refractivity contribution in [2.45, 2.75) is 39.5 Å². The average Bonchev–Trinajstić information content (AvgIpc) is 2.95. The molecular weight excluding hydrogens is 284 g/mol. The molecule has 3 nitrogen and oxygen atoms in total. The van der Waals surface area contributed by atoms with Crippen LogP contribution in [0.1, 0.15) is 39.9 Å². The van der Waals surface area contributed by atoms with Gasteiger partial charge in [0.25, 0.3) is 0 Å². The van der Waals surface area contributed by atoms with E-state index in [0.717, 1.165) is 37.5 Å². The molecule has 1 atom stereocenters. The number of para-hydroxylation sites is 1. The van der Waals surface area contributed by atoms with Gasteiger partial charge in [-0.25, -0.2) is 0 Å². The second-order valence-electron chi connectivity index (χ2n) is 7.47. The van der Waals surface area contributed by atoms with Crippen molar-refractivity contribution in [3.63, 3.8) is 0 Å². The third-order valence-electron chi connectivity index (χ3n) is 4.50. The van der Waals surface area contributed by atoms with E-state index in [1.165, 1.54) is 11.8 Å². The zero-order valence-corrected chi connectivity index (χ0v) is 15.4. The van der Waals surface area contributed by atoms with Crippen molar-refractivity contribution in [2.75, 3.05) is 33.2 Å². The minimum absolute atomic E-state index is 0.0126. The topological polar surface area (TPSA) is 28.4 Å². The largest absolute Gasteiger partial charge is 0.460 e. The van der Waals surface area contributed by atoms with Gasteiger partial charge in [0, 0.05) is 17.3 Å². The fourth-order valence-electron chi connectivity index (χ4n) is 3.08. The van der Waals surface area contributed by atoms with Crippen molar-refractivity contribution in [3.05, 3.63) is 36.1 Å². The number of nitrogens with one attached hydrogen (secondary N) is 1. The van der Waals surface area contributed by atoms with Gasteiger partial charge < -0.3 is 14.6 Å². The normalized spacial score (nSPS) is 13.8. The Labute approximate surface area is 141 Å². The molecule has 1 aromatic heterocycles. The summed E-state index contributed by atoms with van der Waals surface area (Å²) in [6.45, 7) is 13.3. The summed E-state index contributed by atoms with van der Waals surface area (Å²) in [7, 11) is 2.21. The molecule has 1 aromatic carbocycles. The van der Waals surface area contributed by atoms with Crippen LogP contribution in [0.25, 0.3) is 11.0 Å². The Morgan fingerprint density at radius 3 is 2.70 bits per heavy atom. The van der Waals surface area contributed by atoms with Gasteiger partial charge in [-0.1, -0.05) is 45.9 Å². The van der Waals surface area contributed by atoms with Crippen LogP contribution in [0, 0.1) is 5.92 Å². The molecule has 0 saturated carbocycles. The van der Waals surface area contributed by atoms with Crippen LogP contribution in [0.15, 0.2) is 34.7 Å². The fourth-order valence-corrected chi connectivity index (χ4v) is 3.08. The van der Waals surface area contributed by atoms with Crippen LogP contribution in [0.2, 0.25) is 0 Å². The van der Waals surface area contributed by atoms with Crippen molar-refractivity contribution in [1.82, 2.24) is 10.2 Å². The second-order valence-corrected chi connectivity index (χ2v) is 7.47. The molecule has 0 aliphatic rings. The number of likely N-dealkylation sites (N-methyl/N-ethyl adjacent to an activating group) is 1. The lowest BCUT2D eigenvalue weighted by Gasteiger charge is -2.29. The Bertz CT molecular complexity index is 569. The molecule has 0 radical (unpaired) electrons. The van der Waals surface area contributed by atoms with E-state index in [9.17, 15) is 0 Å². The highest BCUT2D eigenvalue weighted by atomic mass is 16.3. The standard InChI is InChI=1S/C20H32N2O/c1-6-21-14-16(2)11-12-22(5)15-20(3,4)19-13-17-9-7-8-10-18(17)23-19/h7-10,13,16,21H,6,11-12,14-15H2,1-5H3. The highest BCUT2D eigenvalue weighted by Crippen LogP contribution is 2.30. The quantitative estimate of drug-likeness (QED) is 0.748. The monoisotopic (exact) mass is 316 g/mol. The number of nitrogens with zero attached hydrogens (tertiary/aromatic N) is 1. The molecule has 1 N–H and O–H groups in total. The SMILES string of the molecule is CCNCC(C)CCN(C)CC(C)(C)c1cc2ccccc2o1. The van der Waals surface area contributed by atoms with Gasteiger partial charge in [0.1, 0.15) is 11.3 Å². The number of hydrogen-bond donors (Lipinski definition) is 1. The molecule has 1 heterocycles. The number of hydrogen-bond acceptors (Lipinski definition) is 3. The van der Waals surface area contributed by atoms with E-state index in [-0.39, 0.29) is 5.41 Å². The van der Waals surface area contributed by atoms with E-state index in [0.29, 0.717) is 5.92 Å². The van der Waals surface area contributed by atoms with Crippen molar-refractivity contribution in [2.24, 2.45) is 5.92 Å². The lowest BCUT2D eigenvalue weighted by Crippen LogP contribution is -2.35. The number of benzene rings is 1. The maximum atomic E-state index is 6.08. The van der Waals surface area contributed by atoms with E-state index in [2.05, 4.69) is 63.2 Å². The highest BCUT2D eigenvalue weighted by Gasteiger charge is 2.26. The van der Waals surface area contributed by atoms with Crippen LogP contribution < -0.4 is 5.32 Å². The molecule has 2 aromatic rings. The zero-order valence-electron chi connectivity index (χ0n) is 15.4. The van der Waals surface area contributed by atoms with Gasteiger partial charge in [-0.2, -0.15) is 0 Å². The minimum Gasteiger partial charge on any atom is -0.460 e. The maximum Gasteiger partial charge on any atom is 0.134 e. The third kappa shape index (κ3) is 5.08. The zero-order chi connectivity index (χ0) is 16.9. The first-order valence-corrected chi connectivity index (χ1v) is 8.80. The van der Waals surface area contributed by atoms with Gasteiger partial charge in [0.05, 0.1) is 0 Å². The van der Waals surface area contributed by atoms with E-state index in [1.807, 2.05) is 12.1 Å². The van der Waals surface area contributed by atoms with Gasteiger partial charge in [0.2, 0.25) is 0 Å². The Balaban J connectivity index is 1.91. The predicted octanol–water partition coefficient (Wildman–Crippen LogP) is 4.28. The summed E-state index contributed by atoms with van der Waals surface area (Å²) in [4.78, 5) is 2.43. The molecule has 0 aliphatic heterocycles. The van der Waals surface area contributed by atoms with Crippen LogP contribution in [0.5, 0.6) is 0 Å². The maximum absolute atomic E-state index is 6.08. The van der Waals surface area contributed by atoms with E-state index < -0.39 is 0 Å². The van der Waals surface area contributed by atoms with Crippen LogP contribution in [-0.2, 0) is 5.41 Å². The molecule has 128 valence electrons. The first kappa shape index (κ1) is 18.0. The van der Waals surface area contributed by atoms with Crippen molar-refractivity contribution in [1.29, 1.82) is 0 Å². The molecular formula is C20H32N2O. The van der Waals surface area contributed by atoms with Gasteiger partial charge in [-0.3, -0.25) is 0 Å². The molecule has 0 bridgehead atoms. The summed E-state index contributed by atoms with van der Waals surface area (Å²) >= 11 is 0. The Hall–Kier alpha value is -1.32. The first-order valence-electron chi connectivity index (χ1n) is 8.80. The summed E-state index contributed by atoms with van der Waals surface area (Å²) in [5, 5.41) is 4.62. The molecule has 0 amide bonds. The molecule has 23 heavy (non-hydrogen) atoms. The van der Waals surface area contributed by atoms with Gasteiger partial charge in [-0.15, -0.1) is 0 Å². The number of fused-ring (bicyclic) bond motifs is 1. The van der Waals surface area contributed by atoms with E-state index >= 15 is 0 Å². The molecule has 3 heteroatoms. The molecule has 2 rings (SSSR count). The summed E-state index contributed by atoms with van der Waals surface area (Å²) in [6, 6.07) is 10.4. The lowest BCUT2D eigenvalue weighted by atomic mass is 9.89. The Morgan fingerprint density at radius 1 is 1.26 bits per heavy atom.